The van der Waals surface area contributed by atoms with E-state index in [9.17, 15) is 0 Å². The summed E-state index contributed by atoms with van der Waals surface area (Å²) in [5.41, 5.74) is 4.36. The molecule has 3 heteroatoms. The standard InChI is InChI=1S/C17H15ClN2/c1-12-7-8-13(10-15(12)18)11-20-17-6-2-5-16-14(17)4-3-9-19-16/h2-10,20H,11H2,1H3. The summed E-state index contributed by atoms with van der Waals surface area (Å²) in [4.78, 5) is 4.36. The molecule has 1 heterocycles. The molecule has 0 unspecified atom stereocenters. The number of halogens is 1. The second-order valence-electron chi connectivity index (χ2n) is 4.81. The Morgan fingerprint density at radius 1 is 1.10 bits per heavy atom. The summed E-state index contributed by atoms with van der Waals surface area (Å²) in [6.45, 7) is 2.75. The summed E-state index contributed by atoms with van der Waals surface area (Å²) in [6, 6.07) is 16.3. The predicted octanol–water partition coefficient (Wildman–Crippen LogP) is 4.81. The third-order valence-corrected chi connectivity index (χ3v) is 3.77. The number of nitrogens with one attached hydrogen (secondary N) is 1. The number of fused-ring (bicyclic) bond motifs is 1. The van der Waals surface area contributed by atoms with Crippen molar-refractivity contribution >= 4 is 28.2 Å². The van der Waals surface area contributed by atoms with E-state index in [0.717, 1.165) is 33.7 Å². The van der Waals surface area contributed by atoms with Gasteiger partial charge in [0.1, 0.15) is 0 Å². The molecular formula is C17H15ClN2. The summed E-state index contributed by atoms with van der Waals surface area (Å²) in [6.07, 6.45) is 1.81. The molecule has 2 aromatic carbocycles. The fraction of sp³-hybridized carbons (Fsp3) is 0.118. The maximum atomic E-state index is 6.15. The van der Waals surface area contributed by atoms with Crippen LogP contribution in [0.15, 0.2) is 54.7 Å². The molecule has 0 fully saturated rings. The lowest BCUT2D eigenvalue weighted by Crippen LogP contribution is -2.00. The van der Waals surface area contributed by atoms with Gasteiger partial charge in [0.15, 0.2) is 0 Å². The fourth-order valence-electron chi connectivity index (χ4n) is 2.20. The Hall–Kier alpha value is -2.06. The van der Waals surface area contributed by atoms with Crippen LogP contribution in [0.4, 0.5) is 5.69 Å². The highest BCUT2D eigenvalue weighted by atomic mass is 35.5. The summed E-state index contributed by atoms with van der Waals surface area (Å²) < 4.78 is 0. The van der Waals surface area contributed by atoms with Gasteiger partial charge in [-0.3, -0.25) is 4.98 Å². The summed E-state index contributed by atoms with van der Waals surface area (Å²) in [5.74, 6) is 0. The Bertz CT molecular complexity index is 748. The average molecular weight is 283 g/mol. The molecule has 1 N–H and O–H groups in total. The normalized spacial score (nSPS) is 10.7. The van der Waals surface area contributed by atoms with Gasteiger partial charge >= 0.3 is 0 Å². The lowest BCUT2D eigenvalue weighted by molar-refractivity contribution is 1.15. The van der Waals surface area contributed by atoms with Gasteiger partial charge in [0, 0.05) is 28.8 Å². The third-order valence-electron chi connectivity index (χ3n) is 3.36. The second kappa shape index (κ2) is 5.51. The Balaban J connectivity index is 1.85. The smallest absolute Gasteiger partial charge is 0.0722 e. The minimum Gasteiger partial charge on any atom is -0.380 e. The molecule has 0 aliphatic heterocycles. The first-order valence-corrected chi connectivity index (χ1v) is 6.94. The average Bonchev–Trinajstić information content (AvgIpc) is 2.48. The van der Waals surface area contributed by atoms with Crippen LogP contribution in [0.5, 0.6) is 0 Å². The van der Waals surface area contributed by atoms with Crippen molar-refractivity contribution in [3.63, 3.8) is 0 Å². The van der Waals surface area contributed by atoms with Crippen molar-refractivity contribution in [3.05, 3.63) is 70.9 Å². The first-order valence-electron chi connectivity index (χ1n) is 6.57. The van der Waals surface area contributed by atoms with Gasteiger partial charge in [0.2, 0.25) is 0 Å². The van der Waals surface area contributed by atoms with E-state index in [1.54, 1.807) is 0 Å². The molecule has 0 radical (unpaired) electrons. The molecule has 0 bridgehead atoms. The van der Waals surface area contributed by atoms with E-state index in [1.165, 1.54) is 5.56 Å². The maximum absolute atomic E-state index is 6.15. The van der Waals surface area contributed by atoms with Gasteiger partial charge in [-0.1, -0.05) is 29.8 Å². The molecular weight excluding hydrogens is 268 g/mol. The highest BCUT2D eigenvalue weighted by molar-refractivity contribution is 6.31. The van der Waals surface area contributed by atoms with Crippen LogP contribution in [0.2, 0.25) is 5.02 Å². The molecule has 0 saturated carbocycles. The van der Waals surface area contributed by atoms with Crippen molar-refractivity contribution < 1.29 is 0 Å². The molecule has 20 heavy (non-hydrogen) atoms. The molecule has 0 atom stereocenters. The van der Waals surface area contributed by atoms with Crippen molar-refractivity contribution in [1.29, 1.82) is 0 Å². The SMILES string of the molecule is Cc1ccc(CNc2cccc3ncccc23)cc1Cl. The molecule has 2 nitrogen and oxygen atoms in total. The topological polar surface area (TPSA) is 24.9 Å². The van der Waals surface area contributed by atoms with Crippen molar-refractivity contribution in [1.82, 2.24) is 4.98 Å². The zero-order valence-electron chi connectivity index (χ0n) is 11.2. The van der Waals surface area contributed by atoms with Gasteiger partial charge in [0.05, 0.1) is 5.52 Å². The molecule has 3 aromatic rings. The molecule has 0 amide bonds. The number of hydrogen-bond donors (Lipinski definition) is 1. The van der Waals surface area contributed by atoms with Gasteiger partial charge < -0.3 is 5.32 Å². The predicted molar refractivity (Wildman–Crippen MR) is 85.3 cm³/mol. The Morgan fingerprint density at radius 3 is 2.85 bits per heavy atom. The molecule has 1 aromatic heterocycles. The van der Waals surface area contributed by atoms with E-state index in [2.05, 4.69) is 28.5 Å². The number of aryl methyl sites for hydroxylation is 1. The van der Waals surface area contributed by atoms with Crippen LogP contribution in [-0.2, 0) is 6.54 Å². The molecule has 3 rings (SSSR count). The monoisotopic (exact) mass is 282 g/mol. The molecule has 100 valence electrons. The fourth-order valence-corrected chi connectivity index (χ4v) is 2.40. The van der Waals surface area contributed by atoms with E-state index in [4.69, 9.17) is 11.6 Å². The largest absolute Gasteiger partial charge is 0.380 e. The number of anilines is 1. The molecule has 0 aliphatic rings. The first-order chi connectivity index (χ1) is 9.74. The van der Waals surface area contributed by atoms with Crippen LogP contribution in [0.1, 0.15) is 11.1 Å². The van der Waals surface area contributed by atoms with Crippen LogP contribution >= 0.6 is 11.6 Å². The van der Waals surface area contributed by atoms with Gasteiger partial charge in [-0.25, -0.2) is 0 Å². The molecule has 0 aliphatic carbocycles. The lowest BCUT2D eigenvalue weighted by atomic mass is 10.1. The summed E-state index contributed by atoms with van der Waals surface area (Å²) in [7, 11) is 0. The van der Waals surface area contributed by atoms with Crippen molar-refractivity contribution in [2.75, 3.05) is 5.32 Å². The van der Waals surface area contributed by atoms with Gasteiger partial charge in [-0.05, 0) is 48.4 Å². The first kappa shape index (κ1) is 12.9. The highest BCUT2D eigenvalue weighted by Gasteiger charge is 2.02. The lowest BCUT2D eigenvalue weighted by Gasteiger charge is -2.10. The van der Waals surface area contributed by atoms with Crippen molar-refractivity contribution in [3.8, 4) is 0 Å². The number of rotatable bonds is 3. The van der Waals surface area contributed by atoms with E-state index in [-0.39, 0.29) is 0 Å². The Labute approximate surface area is 123 Å². The minimum atomic E-state index is 0.744. The maximum Gasteiger partial charge on any atom is 0.0722 e. The Kier molecular flexibility index (Phi) is 3.57. The van der Waals surface area contributed by atoms with E-state index in [0.29, 0.717) is 0 Å². The van der Waals surface area contributed by atoms with E-state index < -0.39 is 0 Å². The van der Waals surface area contributed by atoms with Crippen LogP contribution in [0, 0.1) is 6.92 Å². The van der Waals surface area contributed by atoms with Gasteiger partial charge in [-0.15, -0.1) is 0 Å². The number of aromatic nitrogens is 1. The molecule has 0 saturated heterocycles. The molecule has 0 spiro atoms. The van der Waals surface area contributed by atoms with Crippen LogP contribution in [-0.4, -0.2) is 4.98 Å². The number of benzene rings is 2. The number of hydrogen-bond acceptors (Lipinski definition) is 2. The van der Waals surface area contributed by atoms with E-state index in [1.807, 2.05) is 43.5 Å². The highest BCUT2D eigenvalue weighted by Crippen LogP contribution is 2.23. The van der Waals surface area contributed by atoms with Gasteiger partial charge in [-0.2, -0.15) is 0 Å². The number of nitrogens with zero attached hydrogens (tertiary/aromatic N) is 1. The minimum absolute atomic E-state index is 0.744. The second-order valence-corrected chi connectivity index (χ2v) is 5.22. The summed E-state index contributed by atoms with van der Waals surface area (Å²) in [5, 5.41) is 5.39. The number of pyridine rings is 1. The van der Waals surface area contributed by atoms with Crippen molar-refractivity contribution in [2.24, 2.45) is 0 Å². The zero-order chi connectivity index (χ0) is 13.9. The zero-order valence-corrected chi connectivity index (χ0v) is 12.0. The third kappa shape index (κ3) is 2.61. The van der Waals surface area contributed by atoms with Gasteiger partial charge in [0.25, 0.3) is 0 Å². The Morgan fingerprint density at radius 2 is 2.00 bits per heavy atom. The summed E-state index contributed by atoms with van der Waals surface area (Å²) >= 11 is 6.15. The van der Waals surface area contributed by atoms with Crippen LogP contribution < -0.4 is 5.32 Å². The van der Waals surface area contributed by atoms with Crippen LogP contribution in [0.3, 0.4) is 0 Å². The van der Waals surface area contributed by atoms with Crippen LogP contribution in [0.25, 0.3) is 10.9 Å². The van der Waals surface area contributed by atoms with E-state index >= 15 is 0 Å². The van der Waals surface area contributed by atoms with Crippen molar-refractivity contribution in [2.45, 2.75) is 13.5 Å². The quantitative estimate of drug-likeness (QED) is 0.746.